The highest BCUT2D eigenvalue weighted by Gasteiger charge is 2.17. The van der Waals surface area contributed by atoms with Crippen LogP contribution in [0.25, 0.3) is 11.3 Å². The molecule has 1 amide bonds. The number of nitrogens with zero attached hydrogens (tertiary/aromatic N) is 2. The van der Waals surface area contributed by atoms with E-state index in [2.05, 4.69) is 26.2 Å². The highest BCUT2D eigenvalue weighted by molar-refractivity contribution is 9.10. The van der Waals surface area contributed by atoms with E-state index in [9.17, 15) is 14.9 Å². The van der Waals surface area contributed by atoms with Crippen LogP contribution < -0.4 is 10.1 Å². The summed E-state index contributed by atoms with van der Waals surface area (Å²) in [6, 6.07) is 13.7. The Morgan fingerprint density at radius 2 is 1.96 bits per heavy atom. The standard InChI is InChI=1S/C19H16BrN3O4S/c1-2-16-18(12-7-9-13(20)10-8-12)22-19(28-16)21-17(24)11-27-15-6-4-3-5-14(15)23(25)26/h3-10H,2,11H2,1H3,(H,21,22,24). The lowest BCUT2D eigenvalue weighted by molar-refractivity contribution is -0.385. The second-order valence-corrected chi connectivity index (χ2v) is 7.71. The minimum atomic E-state index is -0.550. The second kappa shape index (κ2) is 8.94. The van der Waals surface area contributed by atoms with Crippen LogP contribution in [-0.4, -0.2) is 22.4 Å². The SMILES string of the molecule is CCc1sc(NC(=O)COc2ccccc2[N+](=O)[O-])nc1-c1ccc(Br)cc1. The fourth-order valence-corrected chi connectivity index (χ4v) is 3.71. The van der Waals surface area contributed by atoms with Crippen LogP contribution >= 0.6 is 27.3 Å². The number of aryl methyl sites for hydroxylation is 1. The average Bonchev–Trinajstić information content (AvgIpc) is 3.09. The quantitative estimate of drug-likeness (QED) is 0.391. The molecule has 1 aromatic heterocycles. The molecule has 28 heavy (non-hydrogen) atoms. The Morgan fingerprint density at radius 1 is 1.25 bits per heavy atom. The number of halogens is 1. The first-order valence-electron chi connectivity index (χ1n) is 8.39. The van der Waals surface area contributed by atoms with Crippen LogP contribution in [0, 0.1) is 10.1 Å². The number of carbonyl (C=O) groups is 1. The van der Waals surface area contributed by atoms with Gasteiger partial charge in [0, 0.05) is 21.0 Å². The Morgan fingerprint density at radius 3 is 2.64 bits per heavy atom. The van der Waals surface area contributed by atoms with E-state index in [1.54, 1.807) is 6.07 Å². The van der Waals surface area contributed by atoms with Crippen molar-refractivity contribution in [2.75, 3.05) is 11.9 Å². The van der Waals surface area contributed by atoms with E-state index in [1.807, 2.05) is 31.2 Å². The van der Waals surface area contributed by atoms with Gasteiger partial charge in [0.15, 0.2) is 17.5 Å². The van der Waals surface area contributed by atoms with Crippen molar-refractivity contribution in [2.24, 2.45) is 0 Å². The summed E-state index contributed by atoms with van der Waals surface area (Å²) in [5, 5.41) is 14.2. The van der Waals surface area contributed by atoms with Gasteiger partial charge in [-0.15, -0.1) is 11.3 Å². The number of nitrogens with one attached hydrogen (secondary N) is 1. The van der Waals surface area contributed by atoms with Gasteiger partial charge < -0.3 is 4.74 Å². The lowest BCUT2D eigenvalue weighted by atomic mass is 10.1. The molecule has 1 heterocycles. The van der Waals surface area contributed by atoms with Gasteiger partial charge in [-0.25, -0.2) is 4.98 Å². The molecule has 1 N–H and O–H groups in total. The average molecular weight is 462 g/mol. The summed E-state index contributed by atoms with van der Waals surface area (Å²) in [4.78, 5) is 28.2. The normalized spacial score (nSPS) is 10.5. The van der Waals surface area contributed by atoms with Crippen LogP contribution in [0.15, 0.2) is 53.0 Å². The topological polar surface area (TPSA) is 94.4 Å². The summed E-state index contributed by atoms with van der Waals surface area (Å²) >= 11 is 4.81. The number of benzene rings is 2. The molecule has 0 spiro atoms. The number of amides is 1. The van der Waals surface area contributed by atoms with E-state index in [1.165, 1.54) is 29.5 Å². The molecule has 9 heteroatoms. The van der Waals surface area contributed by atoms with E-state index in [-0.39, 0.29) is 18.0 Å². The molecule has 0 radical (unpaired) electrons. The molecule has 0 aliphatic rings. The van der Waals surface area contributed by atoms with E-state index in [0.29, 0.717) is 5.13 Å². The Hall–Kier alpha value is -2.78. The van der Waals surface area contributed by atoms with Crippen LogP contribution in [0.1, 0.15) is 11.8 Å². The zero-order valence-corrected chi connectivity index (χ0v) is 17.2. The maximum Gasteiger partial charge on any atom is 0.310 e. The molecule has 0 unspecified atom stereocenters. The van der Waals surface area contributed by atoms with Gasteiger partial charge in [-0.05, 0) is 24.6 Å². The van der Waals surface area contributed by atoms with Gasteiger partial charge in [-0.2, -0.15) is 0 Å². The van der Waals surface area contributed by atoms with E-state index >= 15 is 0 Å². The van der Waals surface area contributed by atoms with Gasteiger partial charge in [0.25, 0.3) is 5.91 Å². The molecule has 144 valence electrons. The van der Waals surface area contributed by atoms with Crippen LogP contribution in [0.3, 0.4) is 0 Å². The summed E-state index contributed by atoms with van der Waals surface area (Å²) in [6.07, 6.45) is 0.783. The summed E-state index contributed by atoms with van der Waals surface area (Å²) < 4.78 is 6.29. The number of nitro benzene ring substituents is 1. The van der Waals surface area contributed by atoms with Crippen molar-refractivity contribution in [1.82, 2.24) is 4.98 Å². The highest BCUT2D eigenvalue weighted by atomic mass is 79.9. The number of anilines is 1. The molecule has 0 saturated carbocycles. The number of nitro groups is 1. The fraction of sp³-hybridized carbons (Fsp3) is 0.158. The zero-order valence-electron chi connectivity index (χ0n) is 14.8. The maximum absolute atomic E-state index is 12.2. The molecule has 3 aromatic rings. The minimum absolute atomic E-state index is 0.0478. The Bertz CT molecular complexity index is 1000. The molecule has 0 aliphatic carbocycles. The lowest BCUT2D eigenvalue weighted by Crippen LogP contribution is -2.20. The molecule has 0 aliphatic heterocycles. The molecule has 3 rings (SSSR count). The first-order valence-corrected chi connectivity index (χ1v) is 10.0. The van der Waals surface area contributed by atoms with Crippen LogP contribution in [0.5, 0.6) is 5.75 Å². The molecule has 0 saturated heterocycles. The van der Waals surface area contributed by atoms with Crippen LogP contribution in [-0.2, 0) is 11.2 Å². The van der Waals surface area contributed by atoms with E-state index in [0.717, 1.165) is 27.0 Å². The third kappa shape index (κ3) is 4.73. The van der Waals surface area contributed by atoms with Gasteiger partial charge in [0.05, 0.1) is 10.6 Å². The van der Waals surface area contributed by atoms with Crippen molar-refractivity contribution in [1.29, 1.82) is 0 Å². The minimum Gasteiger partial charge on any atom is -0.477 e. The first kappa shape index (κ1) is 20.0. The largest absolute Gasteiger partial charge is 0.477 e. The predicted molar refractivity (Wildman–Crippen MR) is 112 cm³/mol. The lowest BCUT2D eigenvalue weighted by Gasteiger charge is -2.06. The maximum atomic E-state index is 12.2. The number of hydrogen-bond donors (Lipinski definition) is 1. The van der Waals surface area contributed by atoms with Gasteiger partial charge in [0.1, 0.15) is 0 Å². The zero-order chi connectivity index (χ0) is 20.1. The van der Waals surface area contributed by atoms with Gasteiger partial charge >= 0.3 is 5.69 Å². The van der Waals surface area contributed by atoms with Crippen molar-refractivity contribution >= 4 is 44.0 Å². The number of thiazole rings is 1. The van der Waals surface area contributed by atoms with Gasteiger partial charge in [-0.3, -0.25) is 20.2 Å². The first-order chi connectivity index (χ1) is 13.5. The number of carbonyl (C=O) groups excluding carboxylic acids is 1. The van der Waals surface area contributed by atoms with Crippen molar-refractivity contribution in [3.8, 4) is 17.0 Å². The van der Waals surface area contributed by atoms with Crippen LogP contribution in [0.4, 0.5) is 10.8 Å². The van der Waals surface area contributed by atoms with E-state index < -0.39 is 10.8 Å². The summed E-state index contributed by atoms with van der Waals surface area (Å²) in [5.74, 6) is -0.386. The monoisotopic (exact) mass is 461 g/mol. The summed E-state index contributed by atoms with van der Waals surface area (Å²) in [7, 11) is 0. The smallest absolute Gasteiger partial charge is 0.310 e. The Labute approximate surface area is 173 Å². The van der Waals surface area contributed by atoms with Crippen molar-refractivity contribution in [3.63, 3.8) is 0 Å². The van der Waals surface area contributed by atoms with Gasteiger partial charge in [-0.1, -0.05) is 47.1 Å². The number of ether oxygens (including phenoxy) is 1. The molecule has 7 nitrogen and oxygen atoms in total. The van der Waals surface area contributed by atoms with Crippen molar-refractivity contribution in [2.45, 2.75) is 13.3 Å². The van der Waals surface area contributed by atoms with Crippen molar-refractivity contribution < 1.29 is 14.5 Å². The van der Waals surface area contributed by atoms with Crippen molar-refractivity contribution in [3.05, 3.63) is 68.0 Å². The molecule has 0 bridgehead atoms. The third-order valence-corrected chi connectivity index (χ3v) is 5.45. The van der Waals surface area contributed by atoms with E-state index in [4.69, 9.17) is 4.74 Å². The molecule has 2 aromatic carbocycles. The number of para-hydroxylation sites is 2. The molecular formula is C19H16BrN3O4S. The number of hydrogen-bond acceptors (Lipinski definition) is 6. The summed E-state index contributed by atoms with van der Waals surface area (Å²) in [6.45, 7) is 1.68. The number of rotatable bonds is 7. The number of aromatic nitrogens is 1. The Kier molecular flexibility index (Phi) is 6.37. The fourth-order valence-electron chi connectivity index (χ4n) is 2.51. The molecule has 0 fully saturated rings. The Balaban J connectivity index is 1.69. The van der Waals surface area contributed by atoms with Crippen LogP contribution in [0.2, 0.25) is 0 Å². The highest BCUT2D eigenvalue weighted by Crippen LogP contribution is 2.32. The second-order valence-electron chi connectivity index (χ2n) is 5.71. The molecular weight excluding hydrogens is 446 g/mol. The molecule has 0 atom stereocenters. The summed E-state index contributed by atoms with van der Waals surface area (Å²) in [5.41, 5.74) is 1.61. The predicted octanol–water partition coefficient (Wildman–Crippen LogP) is 5.06. The third-order valence-electron chi connectivity index (χ3n) is 3.80. The van der Waals surface area contributed by atoms with Gasteiger partial charge in [0.2, 0.25) is 0 Å².